The highest BCUT2D eigenvalue weighted by Crippen LogP contribution is 2.30. The van der Waals surface area contributed by atoms with Crippen LogP contribution in [0.15, 0.2) is 28.8 Å². The third-order valence-electron chi connectivity index (χ3n) is 6.05. The Hall–Kier alpha value is -1.72. The van der Waals surface area contributed by atoms with Crippen molar-refractivity contribution < 1.29 is 4.52 Å². The maximum absolute atomic E-state index is 5.78. The van der Waals surface area contributed by atoms with Crippen LogP contribution in [0.4, 0.5) is 0 Å². The predicted octanol–water partition coefficient (Wildman–Crippen LogP) is 3.64. The number of aromatic nitrogens is 2. The molecule has 0 amide bonds. The summed E-state index contributed by atoms with van der Waals surface area (Å²) in [4.78, 5) is 7.15. The molecule has 2 fully saturated rings. The van der Waals surface area contributed by atoms with Gasteiger partial charge in [-0.1, -0.05) is 29.4 Å². The molecule has 1 saturated carbocycles. The fraction of sp³-hybridized carbons (Fsp3) is 0.619. The van der Waals surface area contributed by atoms with Crippen LogP contribution in [0.1, 0.15) is 50.0 Å². The molecule has 26 heavy (non-hydrogen) atoms. The standard InChI is InChI=1S/C21H30N4O/c22-14-17-5-3-16(4-6-17)13-20-23-21(24-26-20)19-9-7-18(8-10-19)15-25-11-1-2-12-25/h7-10,16-17H,1-6,11-15,22H2. The van der Waals surface area contributed by atoms with E-state index in [0.717, 1.165) is 31.0 Å². The van der Waals surface area contributed by atoms with E-state index in [1.807, 2.05) is 0 Å². The Morgan fingerprint density at radius 1 is 1.00 bits per heavy atom. The molecule has 0 radical (unpaired) electrons. The molecule has 5 nitrogen and oxygen atoms in total. The summed E-state index contributed by atoms with van der Waals surface area (Å²) in [6.45, 7) is 4.32. The first-order valence-electron chi connectivity index (χ1n) is 10.1. The van der Waals surface area contributed by atoms with Gasteiger partial charge >= 0.3 is 0 Å². The van der Waals surface area contributed by atoms with Crippen LogP contribution in [0.2, 0.25) is 0 Å². The number of nitrogens with two attached hydrogens (primary N) is 1. The Morgan fingerprint density at radius 2 is 1.69 bits per heavy atom. The van der Waals surface area contributed by atoms with Crippen LogP contribution in [0.5, 0.6) is 0 Å². The molecule has 1 aliphatic carbocycles. The van der Waals surface area contributed by atoms with Crippen molar-refractivity contribution in [1.29, 1.82) is 0 Å². The maximum atomic E-state index is 5.78. The summed E-state index contributed by atoms with van der Waals surface area (Å²) in [7, 11) is 0. The number of rotatable bonds is 6. The van der Waals surface area contributed by atoms with Crippen LogP contribution in [-0.2, 0) is 13.0 Å². The van der Waals surface area contributed by atoms with Crippen molar-refractivity contribution in [3.05, 3.63) is 35.7 Å². The summed E-state index contributed by atoms with van der Waals surface area (Å²) in [5.41, 5.74) is 8.18. The number of hydrogen-bond acceptors (Lipinski definition) is 5. The zero-order valence-electron chi connectivity index (χ0n) is 15.6. The molecule has 4 rings (SSSR count). The van der Waals surface area contributed by atoms with E-state index in [4.69, 9.17) is 10.3 Å². The number of benzene rings is 1. The van der Waals surface area contributed by atoms with Crippen LogP contribution in [-0.4, -0.2) is 34.7 Å². The van der Waals surface area contributed by atoms with Crippen molar-refractivity contribution in [3.63, 3.8) is 0 Å². The van der Waals surface area contributed by atoms with E-state index in [9.17, 15) is 0 Å². The zero-order chi connectivity index (χ0) is 17.8. The molecule has 2 N–H and O–H groups in total. The van der Waals surface area contributed by atoms with Crippen molar-refractivity contribution in [2.24, 2.45) is 17.6 Å². The minimum atomic E-state index is 0.661. The van der Waals surface area contributed by atoms with Gasteiger partial charge in [0.2, 0.25) is 11.7 Å². The molecule has 140 valence electrons. The molecule has 0 bridgehead atoms. The van der Waals surface area contributed by atoms with E-state index in [2.05, 4.69) is 39.3 Å². The van der Waals surface area contributed by atoms with Gasteiger partial charge in [-0.2, -0.15) is 4.98 Å². The largest absolute Gasteiger partial charge is 0.339 e. The second-order valence-electron chi connectivity index (χ2n) is 8.02. The van der Waals surface area contributed by atoms with Crippen molar-refractivity contribution in [3.8, 4) is 11.4 Å². The second kappa shape index (κ2) is 8.31. The number of likely N-dealkylation sites (tertiary alicyclic amines) is 1. The topological polar surface area (TPSA) is 68.2 Å². The van der Waals surface area contributed by atoms with E-state index < -0.39 is 0 Å². The van der Waals surface area contributed by atoms with Gasteiger partial charge in [-0.3, -0.25) is 4.90 Å². The number of nitrogens with zero attached hydrogens (tertiary/aromatic N) is 3. The summed E-state index contributed by atoms with van der Waals surface area (Å²) in [6.07, 6.45) is 8.49. The summed E-state index contributed by atoms with van der Waals surface area (Å²) in [6, 6.07) is 8.62. The molecule has 0 spiro atoms. The van der Waals surface area contributed by atoms with Gasteiger partial charge in [0, 0.05) is 18.5 Å². The normalized spacial score (nSPS) is 24.2. The predicted molar refractivity (Wildman–Crippen MR) is 102 cm³/mol. The fourth-order valence-electron chi connectivity index (χ4n) is 4.33. The molecule has 2 aliphatic rings. The van der Waals surface area contributed by atoms with Crippen LogP contribution < -0.4 is 5.73 Å². The summed E-state index contributed by atoms with van der Waals surface area (Å²) >= 11 is 0. The van der Waals surface area contributed by atoms with Gasteiger partial charge in [0.05, 0.1) is 0 Å². The monoisotopic (exact) mass is 354 g/mol. The highest BCUT2D eigenvalue weighted by molar-refractivity contribution is 5.54. The first kappa shape index (κ1) is 17.7. The lowest BCUT2D eigenvalue weighted by Gasteiger charge is -2.26. The SMILES string of the molecule is NCC1CCC(Cc2nc(-c3ccc(CN4CCCC4)cc3)no2)CC1. The lowest BCUT2D eigenvalue weighted by molar-refractivity contribution is 0.257. The fourth-order valence-corrected chi connectivity index (χ4v) is 4.33. The highest BCUT2D eigenvalue weighted by atomic mass is 16.5. The Balaban J connectivity index is 1.33. The van der Waals surface area contributed by atoms with Crippen molar-refractivity contribution in [2.45, 2.75) is 51.5 Å². The minimum absolute atomic E-state index is 0.661. The average Bonchev–Trinajstić information content (AvgIpc) is 3.35. The smallest absolute Gasteiger partial charge is 0.227 e. The molecule has 0 unspecified atom stereocenters. The molecule has 2 heterocycles. The van der Waals surface area contributed by atoms with E-state index in [-0.39, 0.29) is 0 Å². The Labute approximate surface area is 156 Å². The van der Waals surface area contributed by atoms with Crippen LogP contribution in [0.25, 0.3) is 11.4 Å². The third kappa shape index (κ3) is 4.33. The van der Waals surface area contributed by atoms with E-state index in [1.165, 1.54) is 57.2 Å². The first-order valence-corrected chi connectivity index (χ1v) is 10.1. The quantitative estimate of drug-likeness (QED) is 0.858. The van der Waals surface area contributed by atoms with Gasteiger partial charge < -0.3 is 10.3 Å². The van der Waals surface area contributed by atoms with Gasteiger partial charge in [0.1, 0.15) is 0 Å². The highest BCUT2D eigenvalue weighted by Gasteiger charge is 2.22. The van der Waals surface area contributed by atoms with Crippen molar-refractivity contribution in [2.75, 3.05) is 19.6 Å². The Bertz CT molecular complexity index is 682. The van der Waals surface area contributed by atoms with Crippen LogP contribution >= 0.6 is 0 Å². The van der Waals surface area contributed by atoms with Crippen molar-refractivity contribution in [1.82, 2.24) is 15.0 Å². The lowest BCUT2D eigenvalue weighted by atomic mass is 9.80. The van der Waals surface area contributed by atoms with Gasteiger partial charge in [-0.05, 0) is 75.6 Å². The van der Waals surface area contributed by atoms with E-state index >= 15 is 0 Å². The maximum Gasteiger partial charge on any atom is 0.227 e. The molecule has 5 heteroatoms. The summed E-state index contributed by atoms with van der Waals surface area (Å²) < 4.78 is 5.52. The van der Waals surface area contributed by atoms with Crippen molar-refractivity contribution >= 4 is 0 Å². The van der Waals surface area contributed by atoms with Gasteiger partial charge in [-0.15, -0.1) is 0 Å². The molecule has 1 aromatic carbocycles. The molecule has 2 aromatic rings. The summed E-state index contributed by atoms with van der Waals surface area (Å²) in [5, 5.41) is 4.20. The summed E-state index contributed by atoms with van der Waals surface area (Å²) in [5.74, 6) is 2.86. The van der Waals surface area contributed by atoms with Gasteiger partial charge in [0.25, 0.3) is 0 Å². The molecule has 1 saturated heterocycles. The molecule has 1 aliphatic heterocycles. The number of hydrogen-bond donors (Lipinski definition) is 1. The Kier molecular flexibility index (Phi) is 5.65. The molecule has 0 atom stereocenters. The second-order valence-corrected chi connectivity index (χ2v) is 8.02. The van der Waals surface area contributed by atoms with E-state index in [1.54, 1.807) is 0 Å². The van der Waals surface area contributed by atoms with Gasteiger partial charge in [-0.25, -0.2) is 0 Å². The Morgan fingerprint density at radius 3 is 2.38 bits per heavy atom. The van der Waals surface area contributed by atoms with Crippen LogP contribution in [0.3, 0.4) is 0 Å². The lowest BCUT2D eigenvalue weighted by Crippen LogP contribution is -2.22. The first-order chi connectivity index (χ1) is 12.8. The zero-order valence-corrected chi connectivity index (χ0v) is 15.6. The van der Waals surface area contributed by atoms with E-state index in [0.29, 0.717) is 17.7 Å². The molecular formula is C21H30N4O. The third-order valence-corrected chi connectivity index (χ3v) is 6.05. The van der Waals surface area contributed by atoms with Crippen LogP contribution in [0, 0.1) is 11.8 Å². The van der Waals surface area contributed by atoms with Gasteiger partial charge in [0.15, 0.2) is 0 Å². The molecule has 1 aromatic heterocycles. The minimum Gasteiger partial charge on any atom is -0.339 e. The average molecular weight is 354 g/mol. The molecular weight excluding hydrogens is 324 g/mol.